The van der Waals surface area contributed by atoms with Gasteiger partial charge in [-0.25, -0.2) is 14.4 Å². The minimum Gasteiger partial charge on any atom is -0.338 e. The molecule has 3 aliphatic heterocycles. The van der Waals surface area contributed by atoms with E-state index in [1.54, 1.807) is 0 Å². The SMILES string of the molecule is CCCN1C[C@@H](NC(=O)N(CC)CC)C[C@@H]2c3cccc4c3c(c(Br)n4C)C[C@H]21.CCCn1c(I)c2c3c(cccc31)[C@H]1C[C@H](NC(=O)N(CC)CC)CN(C)[C@@H]1C2.CCN(CC)C(=O)N[C@H]1C[C@@H]2c3cccc4c3c(c(Br)n4C)C[C@H]2N(C)C1. The number of fused-ring (bicyclic) bond motifs is 6. The first-order valence-corrected chi connectivity index (χ1v) is 34.7. The van der Waals surface area contributed by atoms with Gasteiger partial charge in [-0.05, 0) is 220 Å². The van der Waals surface area contributed by atoms with Crippen LogP contribution >= 0.6 is 54.5 Å². The number of carbonyl (C=O) groups is 3. The minimum atomic E-state index is 0.0639. The van der Waals surface area contributed by atoms with Crippen LogP contribution < -0.4 is 16.0 Å². The Hall–Kier alpha value is -4.34. The molecule has 15 nitrogen and oxygen atoms in total. The number of benzene rings is 3. The predicted molar refractivity (Wildman–Crippen MR) is 364 cm³/mol. The number of piperidine rings is 3. The number of aromatic nitrogens is 3. The van der Waals surface area contributed by atoms with Crippen LogP contribution in [0.15, 0.2) is 63.8 Å². The van der Waals surface area contributed by atoms with Crippen LogP contribution in [0.3, 0.4) is 0 Å². The van der Waals surface area contributed by atoms with E-state index in [9.17, 15) is 14.4 Å². The summed E-state index contributed by atoms with van der Waals surface area (Å²) in [6, 6.07) is 22.5. The van der Waals surface area contributed by atoms with Crippen LogP contribution in [0.1, 0.15) is 139 Å². The lowest BCUT2D eigenvalue weighted by Gasteiger charge is -2.47. The van der Waals surface area contributed by atoms with Gasteiger partial charge in [0.15, 0.2) is 0 Å². The van der Waals surface area contributed by atoms with Crippen LogP contribution in [0.5, 0.6) is 0 Å². The number of nitrogens with zero attached hydrogens (tertiary/aromatic N) is 9. The normalized spacial score (nSPS) is 24.1. The lowest BCUT2D eigenvalue weighted by Crippen LogP contribution is -2.57. The van der Waals surface area contributed by atoms with Crippen LogP contribution in [-0.4, -0.2) is 177 Å². The summed E-state index contributed by atoms with van der Waals surface area (Å²) < 4.78 is 10.9. The van der Waals surface area contributed by atoms with E-state index in [-0.39, 0.29) is 36.2 Å². The molecule has 0 radical (unpaired) electrons. The summed E-state index contributed by atoms with van der Waals surface area (Å²) in [7, 11) is 8.71. The van der Waals surface area contributed by atoms with Gasteiger partial charge in [-0.15, -0.1) is 0 Å². The molecule has 3 aromatic heterocycles. The summed E-state index contributed by atoms with van der Waals surface area (Å²) in [5, 5.41) is 14.3. The van der Waals surface area contributed by atoms with Crippen molar-refractivity contribution >= 4 is 105 Å². The first-order valence-electron chi connectivity index (χ1n) is 32.1. The van der Waals surface area contributed by atoms with Gasteiger partial charge in [-0.2, -0.15) is 0 Å². The van der Waals surface area contributed by atoms with Crippen molar-refractivity contribution < 1.29 is 14.4 Å². The van der Waals surface area contributed by atoms with Crippen molar-refractivity contribution in [2.75, 3.05) is 79.5 Å². The zero-order valence-electron chi connectivity index (χ0n) is 52.7. The zero-order valence-corrected chi connectivity index (χ0v) is 58.0. The number of carbonyl (C=O) groups excluding carboxylic acids is 3. The van der Waals surface area contributed by atoms with Gasteiger partial charge in [0.1, 0.15) is 0 Å². The Morgan fingerprint density at radius 3 is 1.25 bits per heavy atom. The number of hydrogen-bond donors (Lipinski definition) is 3. The fraction of sp³-hybridized carbons (Fsp3) is 0.597. The van der Waals surface area contributed by atoms with E-state index in [2.05, 4.69) is 195 Å². The largest absolute Gasteiger partial charge is 0.338 e. The summed E-state index contributed by atoms with van der Waals surface area (Å²) in [5.74, 6) is 1.39. The Bertz CT molecular complexity index is 3380. The van der Waals surface area contributed by atoms with Crippen LogP contribution in [-0.2, 0) is 39.9 Å². The van der Waals surface area contributed by atoms with Crippen molar-refractivity contribution in [3.8, 4) is 0 Å². The van der Waals surface area contributed by atoms with Crippen LogP contribution in [0, 0.1) is 3.70 Å². The molecule has 6 aliphatic rings. The van der Waals surface area contributed by atoms with E-state index in [0.29, 0.717) is 35.9 Å². The van der Waals surface area contributed by atoms with Crippen molar-refractivity contribution in [1.29, 1.82) is 0 Å². The molecule has 462 valence electrons. The standard InChI is InChI=1S/C23H33BrN4O.C23H33IN4O.C21H29BrN4O/c1-5-11-28-14-15(25-23(29)27(6-2)7-3)12-17-16-9-8-10-19-21(16)18(13-20(17)28)22(24)26(19)4;1-5-11-28-19-10-8-9-16-17-12-15(25-23(29)27(6-2)7-3)14-26(4)20(17)13-18(21(16)19)22(28)24;1-5-26(6-2)21(27)23-13-10-15-14-8-7-9-17-19(14)16(20(22)25(17)4)11-18(15)24(3)12-13/h2*8-10,15,17,20H,5-7,11-14H2,1-4H3,(H,25,29);7-9,13,15,18H,5-6,10-12H2,1-4H3,(H,23,27)/t2*15-,17+,20+;13-,15+,18+/m000/s1. The Kier molecular flexibility index (Phi) is 20.4. The fourth-order valence-electron chi connectivity index (χ4n) is 16.1. The Morgan fingerprint density at radius 1 is 0.494 bits per heavy atom. The van der Waals surface area contributed by atoms with E-state index >= 15 is 0 Å². The summed E-state index contributed by atoms with van der Waals surface area (Å²) in [6.07, 6.45) is 8.58. The maximum Gasteiger partial charge on any atom is 0.317 e. The molecule has 3 aromatic carbocycles. The van der Waals surface area contributed by atoms with Gasteiger partial charge in [0.05, 0.1) is 12.9 Å². The van der Waals surface area contributed by atoms with E-state index in [1.165, 1.54) is 79.0 Å². The molecule has 0 spiro atoms. The first-order chi connectivity index (χ1) is 40.9. The van der Waals surface area contributed by atoms with Gasteiger partial charge in [0, 0.05) is 166 Å². The lowest BCUT2D eigenvalue weighted by atomic mass is 9.74. The van der Waals surface area contributed by atoms with Crippen LogP contribution in [0.4, 0.5) is 14.4 Å². The molecule has 6 heterocycles. The molecule has 9 atom stereocenters. The molecule has 12 rings (SSSR count). The van der Waals surface area contributed by atoms with Gasteiger partial charge in [-0.1, -0.05) is 50.2 Å². The quantitative estimate of drug-likeness (QED) is 0.0991. The van der Waals surface area contributed by atoms with Crippen LogP contribution in [0.2, 0.25) is 0 Å². The summed E-state index contributed by atoms with van der Waals surface area (Å²) >= 11 is 10.2. The van der Waals surface area contributed by atoms with Crippen molar-refractivity contribution in [3.05, 3.63) is 101 Å². The summed E-state index contributed by atoms with van der Waals surface area (Å²) in [5.41, 5.74) is 12.8. The van der Waals surface area contributed by atoms with E-state index in [4.69, 9.17) is 0 Å². The number of rotatable bonds is 13. The number of amides is 6. The maximum absolute atomic E-state index is 12.7. The van der Waals surface area contributed by atoms with Gasteiger partial charge in [0.2, 0.25) is 0 Å². The molecule has 18 heteroatoms. The van der Waals surface area contributed by atoms with E-state index in [1.807, 2.05) is 56.2 Å². The van der Waals surface area contributed by atoms with E-state index in [0.717, 1.165) is 123 Å². The third-order valence-electron chi connectivity index (χ3n) is 20.3. The average molecular weight is 1400 g/mol. The number of urea groups is 3. The molecule has 0 saturated carbocycles. The average Bonchev–Trinajstić information content (AvgIpc) is 2.07. The number of likely N-dealkylation sites (tertiary alicyclic amines) is 3. The first kappa shape index (κ1) is 63.7. The predicted octanol–water partition coefficient (Wildman–Crippen LogP) is 12.6. The molecular weight excluding hydrogens is 1310 g/mol. The lowest BCUT2D eigenvalue weighted by molar-refractivity contribution is 0.0978. The molecule has 0 bridgehead atoms. The number of halogens is 3. The highest BCUT2D eigenvalue weighted by atomic mass is 127. The fourth-order valence-corrected chi connectivity index (χ4v) is 18.2. The topological polar surface area (TPSA) is 122 Å². The molecule has 3 aliphatic carbocycles. The molecule has 3 N–H and O–H groups in total. The van der Waals surface area contributed by atoms with Gasteiger partial charge in [-0.3, -0.25) is 4.90 Å². The highest BCUT2D eigenvalue weighted by molar-refractivity contribution is 14.1. The Labute approximate surface area is 536 Å². The zero-order chi connectivity index (χ0) is 60.7. The maximum atomic E-state index is 12.7. The Balaban J connectivity index is 0.000000142. The Morgan fingerprint density at radius 2 is 0.847 bits per heavy atom. The van der Waals surface area contributed by atoms with Crippen molar-refractivity contribution in [1.82, 2.24) is 59.1 Å². The third kappa shape index (κ3) is 12.1. The number of aryl methyl sites for hydroxylation is 3. The highest BCUT2D eigenvalue weighted by Crippen LogP contribution is 2.49. The molecule has 85 heavy (non-hydrogen) atoms. The van der Waals surface area contributed by atoms with E-state index < -0.39 is 0 Å². The second kappa shape index (κ2) is 27.2. The molecule has 6 aromatic rings. The highest BCUT2D eigenvalue weighted by Gasteiger charge is 2.45. The van der Waals surface area contributed by atoms with Crippen molar-refractivity contribution in [2.45, 2.75) is 167 Å². The molecule has 3 fully saturated rings. The number of hydrogen-bond acceptors (Lipinski definition) is 6. The van der Waals surface area contributed by atoms with Crippen LogP contribution in [0.25, 0.3) is 32.7 Å². The number of likely N-dealkylation sites (N-methyl/N-ethyl adjacent to an activating group) is 2. The summed E-state index contributed by atoms with van der Waals surface area (Å²) in [4.78, 5) is 51.1. The smallest absolute Gasteiger partial charge is 0.317 e. The number of nitrogens with one attached hydrogen (secondary N) is 3. The van der Waals surface area contributed by atoms with Gasteiger partial charge in [0.25, 0.3) is 0 Å². The third-order valence-corrected chi connectivity index (χ3v) is 23.6. The minimum absolute atomic E-state index is 0.0639. The van der Waals surface area contributed by atoms with Crippen molar-refractivity contribution in [3.63, 3.8) is 0 Å². The molecule has 0 unspecified atom stereocenters. The molecule has 6 amide bonds. The molecule has 3 saturated heterocycles. The monoisotopic (exact) mass is 1400 g/mol. The van der Waals surface area contributed by atoms with Gasteiger partial charge < -0.3 is 54.2 Å². The van der Waals surface area contributed by atoms with Gasteiger partial charge >= 0.3 is 18.1 Å². The second-order valence-electron chi connectivity index (χ2n) is 25.0. The second-order valence-corrected chi connectivity index (χ2v) is 27.5. The molecular formula is C67H95Br2IN12O3. The van der Waals surface area contributed by atoms with Crippen molar-refractivity contribution in [2.24, 2.45) is 14.1 Å². The summed E-state index contributed by atoms with van der Waals surface area (Å²) in [6.45, 7) is 26.2.